The normalized spacial score (nSPS) is 17.7. The van der Waals surface area contributed by atoms with Gasteiger partial charge in [-0.25, -0.2) is 4.98 Å². The molecule has 5 heteroatoms. The number of para-hydroxylation sites is 1. The number of fused-ring (bicyclic) bond motifs is 1. The van der Waals surface area contributed by atoms with Gasteiger partial charge in [0.05, 0.1) is 16.6 Å². The van der Waals surface area contributed by atoms with Crippen molar-refractivity contribution in [1.82, 2.24) is 10.3 Å². The fraction of sp³-hybridized carbons (Fsp3) is 0.273. The Morgan fingerprint density at radius 1 is 1.11 bits per heavy atom. The number of rotatable bonds is 6. The van der Waals surface area contributed by atoms with Crippen molar-refractivity contribution in [1.29, 1.82) is 0 Å². The number of ether oxygens (including phenoxy) is 1. The first-order valence-corrected chi connectivity index (χ1v) is 10.1. The van der Waals surface area contributed by atoms with Crippen LogP contribution in [0.15, 0.2) is 71.8 Å². The zero-order chi connectivity index (χ0) is 18.5. The summed E-state index contributed by atoms with van der Waals surface area (Å²) in [6.45, 7) is 1.35. The molecule has 0 bridgehead atoms. The molecule has 1 aliphatic rings. The van der Waals surface area contributed by atoms with Crippen LogP contribution in [-0.4, -0.2) is 30.1 Å². The third-order valence-corrected chi connectivity index (χ3v) is 5.87. The molecule has 0 radical (unpaired) electrons. The highest BCUT2D eigenvalue weighted by Gasteiger charge is 2.24. The highest BCUT2D eigenvalue weighted by Crippen LogP contribution is 2.35. The average molecular weight is 378 g/mol. The fourth-order valence-electron chi connectivity index (χ4n) is 3.25. The second kappa shape index (κ2) is 8.55. The number of thioether (sulfide) groups is 1. The van der Waals surface area contributed by atoms with Crippen molar-refractivity contribution in [2.75, 3.05) is 13.2 Å². The van der Waals surface area contributed by atoms with E-state index in [1.807, 2.05) is 60.7 Å². The molecule has 2 heterocycles. The Kier molecular flexibility index (Phi) is 5.70. The largest absolute Gasteiger partial charge is 0.376 e. The van der Waals surface area contributed by atoms with Gasteiger partial charge in [0.25, 0.3) is 0 Å². The number of nitrogens with zero attached hydrogens (tertiary/aromatic N) is 1. The van der Waals surface area contributed by atoms with Crippen molar-refractivity contribution in [2.45, 2.75) is 29.2 Å². The minimum Gasteiger partial charge on any atom is -0.376 e. The SMILES string of the molecule is O=C(NC[C@@H]1CCCO1)[C@H](Sc1ccc2ccccc2n1)c1ccccc1. The molecule has 2 aromatic carbocycles. The van der Waals surface area contributed by atoms with Gasteiger partial charge in [0, 0.05) is 18.5 Å². The maximum atomic E-state index is 13.0. The molecule has 1 saturated heterocycles. The van der Waals surface area contributed by atoms with E-state index in [2.05, 4.69) is 11.4 Å². The van der Waals surface area contributed by atoms with Crippen LogP contribution in [0.1, 0.15) is 23.7 Å². The first-order valence-electron chi connectivity index (χ1n) is 9.26. The number of amides is 1. The molecule has 2 atom stereocenters. The zero-order valence-electron chi connectivity index (χ0n) is 15.0. The standard InChI is InChI=1S/C22H22N2O2S/c25-22(23-15-18-10-6-14-26-18)21(17-8-2-1-3-9-17)27-20-13-12-16-7-4-5-11-19(16)24-20/h1-5,7-9,11-13,18,21H,6,10,14-15H2,(H,23,25)/t18-,21+/m0/s1. The van der Waals surface area contributed by atoms with Gasteiger partial charge in [-0.2, -0.15) is 0 Å². The predicted octanol–water partition coefficient (Wildman–Crippen LogP) is 4.36. The molecule has 138 valence electrons. The van der Waals surface area contributed by atoms with Crippen LogP contribution in [0, 0.1) is 0 Å². The van der Waals surface area contributed by atoms with Crippen molar-refractivity contribution >= 4 is 28.6 Å². The number of carbonyl (C=O) groups is 1. The lowest BCUT2D eigenvalue weighted by molar-refractivity contribution is -0.121. The fourth-order valence-corrected chi connectivity index (χ4v) is 4.27. The third-order valence-electron chi connectivity index (χ3n) is 4.68. The van der Waals surface area contributed by atoms with Crippen molar-refractivity contribution < 1.29 is 9.53 Å². The topological polar surface area (TPSA) is 51.2 Å². The summed E-state index contributed by atoms with van der Waals surface area (Å²) in [6.07, 6.45) is 2.21. The van der Waals surface area contributed by atoms with Gasteiger partial charge in [-0.1, -0.05) is 66.4 Å². The summed E-state index contributed by atoms with van der Waals surface area (Å²) in [5.74, 6) is -0.00309. The molecule has 1 aliphatic heterocycles. The van der Waals surface area contributed by atoms with Crippen LogP contribution in [0.5, 0.6) is 0 Å². The van der Waals surface area contributed by atoms with E-state index in [0.717, 1.165) is 40.9 Å². The summed E-state index contributed by atoms with van der Waals surface area (Å²) < 4.78 is 5.62. The first-order chi connectivity index (χ1) is 13.3. The van der Waals surface area contributed by atoms with Crippen LogP contribution in [-0.2, 0) is 9.53 Å². The molecule has 1 amide bonds. The van der Waals surface area contributed by atoms with Gasteiger partial charge < -0.3 is 10.1 Å². The van der Waals surface area contributed by atoms with E-state index in [-0.39, 0.29) is 17.3 Å². The number of aromatic nitrogens is 1. The first kappa shape index (κ1) is 18.0. The third kappa shape index (κ3) is 4.49. The number of benzene rings is 2. The van der Waals surface area contributed by atoms with E-state index >= 15 is 0 Å². The molecule has 0 saturated carbocycles. The summed E-state index contributed by atoms with van der Waals surface area (Å²) >= 11 is 1.48. The van der Waals surface area contributed by atoms with Gasteiger partial charge in [0.2, 0.25) is 5.91 Å². The van der Waals surface area contributed by atoms with E-state index in [9.17, 15) is 4.79 Å². The lowest BCUT2D eigenvalue weighted by Gasteiger charge is -2.18. The Morgan fingerprint density at radius 2 is 1.93 bits per heavy atom. The number of carbonyl (C=O) groups excluding carboxylic acids is 1. The summed E-state index contributed by atoms with van der Waals surface area (Å²) in [7, 11) is 0. The summed E-state index contributed by atoms with van der Waals surface area (Å²) in [4.78, 5) is 17.7. The van der Waals surface area contributed by atoms with Crippen LogP contribution < -0.4 is 5.32 Å². The molecule has 0 unspecified atom stereocenters. The molecule has 1 fully saturated rings. The van der Waals surface area contributed by atoms with Crippen LogP contribution in [0.2, 0.25) is 0 Å². The Morgan fingerprint density at radius 3 is 2.74 bits per heavy atom. The molecule has 27 heavy (non-hydrogen) atoms. The van der Waals surface area contributed by atoms with Crippen LogP contribution in [0.4, 0.5) is 0 Å². The summed E-state index contributed by atoms with van der Waals surface area (Å²) in [5.41, 5.74) is 1.91. The van der Waals surface area contributed by atoms with E-state index in [1.165, 1.54) is 11.8 Å². The number of nitrogens with one attached hydrogen (secondary N) is 1. The molecule has 4 nitrogen and oxygen atoms in total. The Balaban J connectivity index is 1.54. The average Bonchev–Trinajstić information content (AvgIpc) is 3.24. The maximum absolute atomic E-state index is 13.0. The zero-order valence-corrected chi connectivity index (χ0v) is 15.8. The second-order valence-electron chi connectivity index (χ2n) is 6.63. The minimum absolute atomic E-state index is 0.00309. The van der Waals surface area contributed by atoms with Crippen molar-refractivity contribution in [3.05, 3.63) is 72.3 Å². The van der Waals surface area contributed by atoms with Gasteiger partial charge in [-0.05, 0) is 30.5 Å². The lowest BCUT2D eigenvalue weighted by Crippen LogP contribution is -2.34. The predicted molar refractivity (Wildman–Crippen MR) is 109 cm³/mol. The number of hydrogen-bond acceptors (Lipinski definition) is 4. The molecule has 0 spiro atoms. The Bertz CT molecular complexity index is 910. The van der Waals surface area contributed by atoms with Crippen LogP contribution >= 0.6 is 11.8 Å². The molecule has 4 rings (SSSR count). The monoisotopic (exact) mass is 378 g/mol. The lowest BCUT2D eigenvalue weighted by atomic mass is 10.1. The molecule has 1 aromatic heterocycles. The van der Waals surface area contributed by atoms with Gasteiger partial charge in [0.1, 0.15) is 5.25 Å². The van der Waals surface area contributed by atoms with Gasteiger partial charge in [0.15, 0.2) is 0 Å². The Labute approximate surface area is 163 Å². The molecule has 3 aromatic rings. The number of hydrogen-bond donors (Lipinski definition) is 1. The highest BCUT2D eigenvalue weighted by molar-refractivity contribution is 8.00. The maximum Gasteiger partial charge on any atom is 0.238 e. The molecular formula is C22H22N2O2S. The molecule has 1 N–H and O–H groups in total. The molecule has 0 aliphatic carbocycles. The summed E-state index contributed by atoms with van der Waals surface area (Å²) in [6, 6.07) is 21.9. The minimum atomic E-state index is -0.346. The van der Waals surface area contributed by atoms with E-state index in [1.54, 1.807) is 0 Å². The van der Waals surface area contributed by atoms with Crippen molar-refractivity contribution in [2.24, 2.45) is 0 Å². The Hall–Kier alpha value is -2.37. The van der Waals surface area contributed by atoms with Crippen molar-refractivity contribution in [3.63, 3.8) is 0 Å². The highest BCUT2D eigenvalue weighted by atomic mass is 32.2. The van der Waals surface area contributed by atoms with E-state index in [4.69, 9.17) is 9.72 Å². The van der Waals surface area contributed by atoms with Crippen LogP contribution in [0.25, 0.3) is 10.9 Å². The second-order valence-corrected chi connectivity index (χ2v) is 7.76. The quantitative estimate of drug-likeness (QED) is 0.648. The number of pyridine rings is 1. The van der Waals surface area contributed by atoms with Gasteiger partial charge in [-0.3, -0.25) is 4.79 Å². The van der Waals surface area contributed by atoms with E-state index in [0.29, 0.717) is 6.54 Å². The summed E-state index contributed by atoms with van der Waals surface area (Å²) in [5, 5.41) is 4.66. The van der Waals surface area contributed by atoms with Gasteiger partial charge in [-0.15, -0.1) is 0 Å². The van der Waals surface area contributed by atoms with E-state index < -0.39 is 0 Å². The molecular weight excluding hydrogens is 356 g/mol. The smallest absolute Gasteiger partial charge is 0.238 e. The van der Waals surface area contributed by atoms with Crippen molar-refractivity contribution in [3.8, 4) is 0 Å². The van der Waals surface area contributed by atoms with Crippen LogP contribution in [0.3, 0.4) is 0 Å². The van der Waals surface area contributed by atoms with Gasteiger partial charge >= 0.3 is 0 Å².